The monoisotopic (exact) mass is 458 g/mol. The Morgan fingerprint density at radius 2 is 1.50 bits per heavy atom. The van der Waals surface area contributed by atoms with Gasteiger partial charge in [0.05, 0.1) is 30.1 Å². The Morgan fingerprint density at radius 3 is 2.18 bits per heavy atom. The van der Waals surface area contributed by atoms with Gasteiger partial charge in [-0.3, -0.25) is 14.4 Å². The van der Waals surface area contributed by atoms with Crippen LogP contribution in [0.25, 0.3) is 0 Å². The second-order valence-corrected chi connectivity index (χ2v) is 7.13. The van der Waals surface area contributed by atoms with Crippen LogP contribution in [0.1, 0.15) is 31.8 Å². The summed E-state index contributed by atoms with van der Waals surface area (Å²) < 4.78 is 4.62. The fraction of sp³-hybridized carbons (Fsp3) is 0.0800. The lowest BCUT2D eigenvalue weighted by Gasteiger charge is -2.11. The first-order chi connectivity index (χ1) is 16.4. The second kappa shape index (κ2) is 11.2. The molecule has 0 fully saturated rings. The van der Waals surface area contributed by atoms with Gasteiger partial charge in [0, 0.05) is 5.69 Å². The predicted octanol–water partition coefficient (Wildman–Crippen LogP) is 3.12. The van der Waals surface area contributed by atoms with Crippen LogP contribution >= 0.6 is 0 Å². The van der Waals surface area contributed by atoms with E-state index in [9.17, 15) is 19.2 Å². The quantitative estimate of drug-likeness (QED) is 0.226. The van der Waals surface area contributed by atoms with Gasteiger partial charge in [0.1, 0.15) is 0 Å². The topological polar surface area (TPSA) is 126 Å². The van der Waals surface area contributed by atoms with Crippen molar-refractivity contribution in [3.8, 4) is 0 Å². The number of benzene rings is 3. The number of nitrogens with zero attached hydrogens (tertiary/aromatic N) is 1. The van der Waals surface area contributed by atoms with E-state index in [-0.39, 0.29) is 11.3 Å². The number of para-hydroxylation sites is 1. The van der Waals surface area contributed by atoms with E-state index in [2.05, 4.69) is 25.9 Å². The second-order valence-electron chi connectivity index (χ2n) is 7.13. The molecule has 172 valence electrons. The van der Waals surface area contributed by atoms with E-state index in [1.807, 2.05) is 19.1 Å². The molecule has 3 rings (SSSR count). The zero-order valence-corrected chi connectivity index (χ0v) is 18.5. The molecule has 9 heteroatoms. The first-order valence-electron chi connectivity index (χ1n) is 10.2. The number of nitrogens with one attached hydrogen (secondary N) is 3. The van der Waals surface area contributed by atoms with Crippen molar-refractivity contribution in [2.75, 3.05) is 17.7 Å². The van der Waals surface area contributed by atoms with Crippen LogP contribution in [-0.4, -0.2) is 37.0 Å². The minimum Gasteiger partial charge on any atom is -0.465 e. The molecule has 0 atom stereocenters. The van der Waals surface area contributed by atoms with Crippen molar-refractivity contribution in [1.29, 1.82) is 0 Å². The smallest absolute Gasteiger partial charge is 0.337 e. The van der Waals surface area contributed by atoms with E-state index in [4.69, 9.17) is 0 Å². The number of amides is 3. The zero-order valence-electron chi connectivity index (χ0n) is 18.5. The molecule has 3 aromatic rings. The number of hydrogen-bond acceptors (Lipinski definition) is 6. The minimum atomic E-state index is -1.02. The van der Waals surface area contributed by atoms with Crippen molar-refractivity contribution in [2.45, 2.75) is 6.92 Å². The molecular formula is C25H22N4O5. The molecular weight excluding hydrogens is 436 g/mol. The summed E-state index contributed by atoms with van der Waals surface area (Å²) in [7, 11) is 1.28. The number of hydrogen-bond donors (Lipinski definition) is 3. The van der Waals surface area contributed by atoms with Gasteiger partial charge in [0.2, 0.25) is 0 Å². The van der Waals surface area contributed by atoms with Crippen LogP contribution in [0.2, 0.25) is 0 Å². The number of methoxy groups -OCH3 is 1. The number of carbonyl (C=O) groups excluding carboxylic acids is 4. The first-order valence-corrected chi connectivity index (χ1v) is 10.2. The molecule has 3 aromatic carbocycles. The van der Waals surface area contributed by atoms with Gasteiger partial charge >= 0.3 is 17.8 Å². The Bertz CT molecular complexity index is 1230. The van der Waals surface area contributed by atoms with Crippen LogP contribution in [0, 0.1) is 6.92 Å². The maximum Gasteiger partial charge on any atom is 0.337 e. The summed E-state index contributed by atoms with van der Waals surface area (Å²) in [5.41, 5.74) is 5.10. The van der Waals surface area contributed by atoms with Gasteiger partial charge in [-0.1, -0.05) is 42.0 Å². The van der Waals surface area contributed by atoms with Gasteiger partial charge in [-0.25, -0.2) is 10.2 Å². The van der Waals surface area contributed by atoms with E-state index < -0.39 is 23.7 Å². The van der Waals surface area contributed by atoms with Gasteiger partial charge in [0.25, 0.3) is 5.91 Å². The van der Waals surface area contributed by atoms with Crippen molar-refractivity contribution >= 4 is 41.3 Å². The molecule has 34 heavy (non-hydrogen) atoms. The number of aryl methyl sites for hydroxylation is 1. The maximum atomic E-state index is 12.7. The fourth-order valence-corrected chi connectivity index (χ4v) is 2.84. The number of rotatable bonds is 6. The van der Waals surface area contributed by atoms with Crippen LogP contribution in [0.5, 0.6) is 0 Å². The number of esters is 1. The minimum absolute atomic E-state index is 0.176. The predicted molar refractivity (Wildman–Crippen MR) is 128 cm³/mol. The number of anilines is 2. The third-order valence-corrected chi connectivity index (χ3v) is 4.65. The van der Waals surface area contributed by atoms with Crippen LogP contribution in [-0.2, 0) is 14.3 Å². The zero-order chi connectivity index (χ0) is 24.5. The van der Waals surface area contributed by atoms with Gasteiger partial charge in [-0.05, 0) is 48.9 Å². The summed E-state index contributed by atoms with van der Waals surface area (Å²) in [5.74, 6) is -2.92. The van der Waals surface area contributed by atoms with Gasteiger partial charge in [-0.2, -0.15) is 5.10 Å². The fourth-order valence-electron chi connectivity index (χ4n) is 2.84. The number of ether oxygens (including phenoxy) is 1. The lowest BCUT2D eigenvalue weighted by Crippen LogP contribution is -2.33. The SMILES string of the molecule is COC(=O)c1ccc(/C=N\NC(=O)C(=O)Nc2ccccc2C(=O)Nc2ccc(C)cc2)cc1. The molecule has 0 radical (unpaired) electrons. The molecule has 0 spiro atoms. The highest BCUT2D eigenvalue weighted by atomic mass is 16.5. The lowest BCUT2D eigenvalue weighted by molar-refractivity contribution is -0.136. The average molecular weight is 458 g/mol. The molecule has 0 saturated carbocycles. The Labute approximate surface area is 195 Å². The van der Waals surface area contributed by atoms with Gasteiger partial charge in [-0.15, -0.1) is 0 Å². The van der Waals surface area contributed by atoms with Crippen LogP contribution < -0.4 is 16.1 Å². The van der Waals surface area contributed by atoms with Gasteiger partial charge in [0.15, 0.2) is 0 Å². The molecule has 0 aliphatic heterocycles. The molecule has 0 aliphatic rings. The standard InChI is InChI=1S/C25H22N4O5/c1-16-7-13-19(14-8-16)27-22(30)20-5-3-4-6-21(20)28-23(31)24(32)29-26-15-17-9-11-18(12-10-17)25(33)34-2/h3-15H,1-2H3,(H,27,30)(H,28,31)(H,29,32)/b26-15-. The van der Waals surface area contributed by atoms with Crippen LogP contribution in [0.4, 0.5) is 11.4 Å². The Balaban J connectivity index is 1.60. The molecule has 9 nitrogen and oxygen atoms in total. The van der Waals surface area contributed by atoms with Crippen molar-refractivity contribution in [1.82, 2.24) is 5.43 Å². The molecule has 0 bridgehead atoms. The van der Waals surface area contributed by atoms with Crippen molar-refractivity contribution in [3.05, 3.63) is 95.1 Å². The number of carbonyl (C=O) groups is 4. The number of hydrazone groups is 1. The molecule has 0 unspecified atom stereocenters. The third kappa shape index (κ3) is 6.36. The van der Waals surface area contributed by atoms with E-state index in [0.29, 0.717) is 16.8 Å². The summed E-state index contributed by atoms with van der Waals surface area (Å²) in [6, 6.07) is 19.9. The Morgan fingerprint density at radius 1 is 0.824 bits per heavy atom. The first kappa shape index (κ1) is 23.9. The van der Waals surface area contributed by atoms with Crippen molar-refractivity contribution in [2.24, 2.45) is 5.10 Å². The van der Waals surface area contributed by atoms with Crippen molar-refractivity contribution < 1.29 is 23.9 Å². The van der Waals surface area contributed by atoms with Crippen LogP contribution in [0.15, 0.2) is 77.9 Å². The maximum absolute atomic E-state index is 12.7. The average Bonchev–Trinajstić information content (AvgIpc) is 2.85. The van der Waals surface area contributed by atoms with E-state index in [1.54, 1.807) is 48.5 Å². The summed E-state index contributed by atoms with van der Waals surface area (Å²) in [6.07, 6.45) is 1.31. The van der Waals surface area contributed by atoms with E-state index >= 15 is 0 Å². The van der Waals surface area contributed by atoms with Crippen LogP contribution in [0.3, 0.4) is 0 Å². The summed E-state index contributed by atoms with van der Waals surface area (Å²) in [5, 5.41) is 8.91. The molecule has 0 heterocycles. The summed E-state index contributed by atoms with van der Waals surface area (Å²) >= 11 is 0. The largest absolute Gasteiger partial charge is 0.465 e. The normalized spacial score (nSPS) is 10.4. The highest BCUT2D eigenvalue weighted by molar-refractivity contribution is 6.40. The summed E-state index contributed by atoms with van der Waals surface area (Å²) in [4.78, 5) is 48.5. The Hall–Kier alpha value is -4.79. The highest BCUT2D eigenvalue weighted by Gasteiger charge is 2.17. The van der Waals surface area contributed by atoms with E-state index in [0.717, 1.165) is 5.56 Å². The molecule has 0 saturated heterocycles. The summed E-state index contributed by atoms with van der Waals surface area (Å²) in [6.45, 7) is 1.94. The third-order valence-electron chi connectivity index (χ3n) is 4.65. The molecule has 0 aliphatic carbocycles. The van der Waals surface area contributed by atoms with E-state index in [1.165, 1.54) is 25.5 Å². The molecule has 0 aromatic heterocycles. The lowest BCUT2D eigenvalue weighted by atomic mass is 10.1. The molecule has 3 N–H and O–H groups in total. The highest BCUT2D eigenvalue weighted by Crippen LogP contribution is 2.18. The van der Waals surface area contributed by atoms with Gasteiger partial charge < -0.3 is 15.4 Å². The van der Waals surface area contributed by atoms with Crippen molar-refractivity contribution in [3.63, 3.8) is 0 Å². The molecule has 3 amide bonds. The Kier molecular flexibility index (Phi) is 7.85.